The van der Waals surface area contributed by atoms with E-state index in [0.717, 1.165) is 10.2 Å². The van der Waals surface area contributed by atoms with Gasteiger partial charge < -0.3 is 11.1 Å². The van der Waals surface area contributed by atoms with Crippen LogP contribution in [0.4, 0.5) is 5.82 Å². The summed E-state index contributed by atoms with van der Waals surface area (Å²) in [5, 5.41) is 6.88. The molecule has 0 saturated heterocycles. The Bertz CT molecular complexity index is 347. The molecule has 6 heteroatoms. The molecule has 5 nitrogen and oxygen atoms in total. The molecule has 78 valence electrons. The molecule has 1 heterocycles. The number of rotatable bonds is 3. The van der Waals surface area contributed by atoms with Gasteiger partial charge in [-0.2, -0.15) is 5.10 Å². The molecule has 0 atom stereocenters. The van der Waals surface area contributed by atoms with E-state index >= 15 is 0 Å². The minimum Gasteiger partial charge on any atom is -0.330 e. The Kier molecular flexibility index (Phi) is 3.65. The van der Waals surface area contributed by atoms with E-state index in [1.54, 1.807) is 11.7 Å². The van der Waals surface area contributed by atoms with Crippen molar-refractivity contribution in [3.63, 3.8) is 0 Å². The Labute approximate surface area is 90.8 Å². The highest BCUT2D eigenvalue weighted by Gasteiger charge is 2.12. The molecular formula is C8H13BrN4O. The quantitative estimate of drug-likeness (QED) is 0.844. The van der Waals surface area contributed by atoms with Crippen LogP contribution in [0.2, 0.25) is 0 Å². The molecule has 0 saturated carbocycles. The van der Waals surface area contributed by atoms with Gasteiger partial charge >= 0.3 is 0 Å². The number of nitrogens with one attached hydrogen (secondary N) is 1. The van der Waals surface area contributed by atoms with Gasteiger partial charge in [0.2, 0.25) is 5.91 Å². The number of halogens is 1. The van der Waals surface area contributed by atoms with Crippen molar-refractivity contribution >= 4 is 27.7 Å². The summed E-state index contributed by atoms with van der Waals surface area (Å²) in [6, 6.07) is 0. The number of anilines is 1. The van der Waals surface area contributed by atoms with Crippen molar-refractivity contribution in [2.75, 3.05) is 11.9 Å². The number of hydrogen-bond acceptors (Lipinski definition) is 3. The van der Waals surface area contributed by atoms with Crippen molar-refractivity contribution in [3.8, 4) is 0 Å². The molecule has 0 aliphatic rings. The summed E-state index contributed by atoms with van der Waals surface area (Å²) in [5.41, 5.74) is 6.11. The number of carbonyl (C=O) groups excluding carboxylic acids is 1. The zero-order valence-electron chi connectivity index (χ0n) is 8.17. The summed E-state index contributed by atoms with van der Waals surface area (Å²) in [7, 11) is 1.77. The lowest BCUT2D eigenvalue weighted by molar-refractivity contribution is -0.116. The van der Waals surface area contributed by atoms with Gasteiger partial charge in [0.25, 0.3) is 0 Å². The van der Waals surface area contributed by atoms with Crippen molar-refractivity contribution in [3.05, 3.63) is 10.2 Å². The highest BCUT2D eigenvalue weighted by Crippen LogP contribution is 2.24. The van der Waals surface area contributed by atoms with Crippen LogP contribution in [0.15, 0.2) is 4.47 Å². The number of carbonyl (C=O) groups is 1. The van der Waals surface area contributed by atoms with Crippen molar-refractivity contribution in [1.82, 2.24) is 9.78 Å². The van der Waals surface area contributed by atoms with Gasteiger partial charge in [0.15, 0.2) is 0 Å². The number of aryl methyl sites for hydroxylation is 2. The average Bonchev–Trinajstić information content (AvgIpc) is 2.33. The molecule has 1 rings (SSSR count). The third-order valence-electron chi connectivity index (χ3n) is 1.78. The molecular weight excluding hydrogens is 248 g/mol. The normalized spacial score (nSPS) is 10.3. The van der Waals surface area contributed by atoms with Crippen LogP contribution in [0.5, 0.6) is 0 Å². The summed E-state index contributed by atoms with van der Waals surface area (Å²) < 4.78 is 2.43. The first-order chi connectivity index (χ1) is 6.56. The summed E-state index contributed by atoms with van der Waals surface area (Å²) in [5.74, 6) is 0.567. The van der Waals surface area contributed by atoms with E-state index in [4.69, 9.17) is 5.73 Å². The highest BCUT2D eigenvalue weighted by atomic mass is 79.9. The van der Waals surface area contributed by atoms with Crippen LogP contribution in [-0.4, -0.2) is 22.2 Å². The number of amides is 1. The predicted octanol–water partition coefficient (Wildman–Crippen LogP) is 0.778. The molecule has 0 spiro atoms. The molecule has 0 bridgehead atoms. The minimum atomic E-state index is -0.101. The van der Waals surface area contributed by atoms with E-state index in [1.807, 2.05) is 6.92 Å². The Morgan fingerprint density at radius 2 is 2.36 bits per heavy atom. The molecule has 0 fully saturated rings. The van der Waals surface area contributed by atoms with E-state index in [0.29, 0.717) is 18.8 Å². The summed E-state index contributed by atoms with van der Waals surface area (Å²) >= 11 is 3.35. The number of nitrogens with zero attached hydrogens (tertiary/aromatic N) is 2. The topological polar surface area (TPSA) is 72.9 Å². The first-order valence-electron chi connectivity index (χ1n) is 4.25. The summed E-state index contributed by atoms with van der Waals surface area (Å²) in [6.45, 7) is 2.21. The second-order valence-corrected chi connectivity index (χ2v) is 3.75. The molecule has 1 aromatic heterocycles. The zero-order chi connectivity index (χ0) is 10.7. The Balaban J connectivity index is 2.81. The largest absolute Gasteiger partial charge is 0.330 e. The lowest BCUT2D eigenvalue weighted by atomic mass is 10.4. The lowest BCUT2D eigenvalue weighted by Gasteiger charge is -2.04. The molecule has 1 amide bonds. The Hall–Kier alpha value is -0.880. The molecule has 1 aromatic rings. The van der Waals surface area contributed by atoms with Gasteiger partial charge in [0, 0.05) is 20.0 Å². The average molecular weight is 261 g/mol. The molecule has 14 heavy (non-hydrogen) atoms. The predicted molar refractivity (Wildman–Crippen MR) is 57.9 cm³/mol. The van der Waals surface area contributed by atoms with E-state index in [-0.39, 0.29) is 5.91 Å². The monoisotopic (exact) mass is 260 g/mol. The SMILES string of the molecule is Cc1nn(C)c(NC(=O)CCN)c1Br. The molecule has 0 aromatic carbocycles. The number of hydrogen-bond donors (Lipinski definition) is 2. The Morgan fingerprint density at radius 1 is 1.71 bits per heavy atom. The minimum absolute atomic E-state index is 0.101. The van der Waals surface area contributed by atoms with E-state index in [1.165, 1.54) is 0 Å². The third kappa shape index (κ3) is 2.33. The van der Waals surface area contributed by atoms with Crippen LogP contribution in [0.1, 0.15) is 12.1 Å². The van der Waals surface area contributed by atoms with Crippen LogP contribution < -0.4 is 11.1 Å². The van der Waals surface area contributed by atoms with Gasteiger partial charge in [0.1, 0.15) is 5.82 Å². The van der Waals surface area contributed by atoms with Crippen LogP contribution in [-0.2, 0) is 11.8 Å². The third-order valence-corrected chi connectivity index (χ3v) is 2.73. The second-order valence-electron chi connectivity index (χ2n) is 2.96. The lowest BCUT2D eigenvalue weighted by Crippen LogP contribution is -2.18. The van der Waals surface area contributed by atoms with Gasteiger partial charge in [-0.15, -0.1) is 0 Å². The smallest absolute Gasteiger partial charge is 0.226 e. The molecule has 0 radical (unpaired) electrons. The fourth-order valence-electron chi connectivity index (χ4n) is 1.09. The van der Waals surface area contributed by atoms with Crippen LogP contribution in [0, 0.1) is 6.92 Å². The van der Waals surface area contributed by atoms with Gasteiger partial charge in [-0.05, 0) is 22.9 Å². The van der Waals surface area contributed by atoms with E-state index < -0.39 is 0 Å². The molecule has 3 N–H and O–H groups in total. The number of aromatic nitrogens is 2. The zero-order valence-corrected chi connectivity index (χ0v) is 9.76. The van der Waals surface area contributed by atoms with Crippen molar-refractivity contribution < 1.29 is 4.79 Å². The molecule has 0 unspecified atom stereocenters. The molecule has 0 aliphatic heterocycles. The molecule has 0 aliphatic carbocycles. The van der Waals surface area contributed by atoms with Crippen LogP contribution in [0.25, 0.3) is 0 Å². The summed E-state index contributed by atoms with van der Waals surface area (Å²) in [4.78, 5) is 11.3. The van der Waals surface area contributed by atoms with Crippen molar-refractivity contribution in [2.24, 2.45) is 12.8 Å². The van der Waals surface area contributed by atoms with E-state index in [2.05, 4.69) is 26.3 Å². The van der Waals surface area contributed by atoms with Gasteiger partial charge in [-0.3, -0.25) is 9.48 Å². The van der Waals surface area contributed by atoms with Gasteiger partial charge in [0.05, 0.1) is 10.2 Å². The maximum atomic E-state index is 11.3. The van der Waals surface area contributed by atoms with Crippen LogP contribution >= 0.6 is 15.9 Å². The first-order valence-corrected chi connectivity index (χ1v) is 5.04. The Morgan fingerprint density at radius 3 is 2.79 bits per heavy atom. The summed E-state index contributed by atoms with van der Waals surface area (Å²) in [6.07, 6.45) is 0.316. The fraction of sp³-hybridized carbons (Fsp3) is 0.500. The maximum Gasteiger partial charge on any atom is 0.226 e. The number of nitrogens with two attached hydrogens (primary N) is 1. The van der Waals surface area contributed by atoms with Gasteiger partial charge in [-0.1, -0.05) is 0 Å². The van der Waals surface area contributed by atoms with Crippen LogP contribution in [0.3, 0.4) is 0 Å². The maximum absolute atomic E-state index is 11.3. The van der Waals surface area contributed by atoms with E-state index in [9.17, 15) is 4.79 Å². The van der Waals surface area contributed by atoms with Gasteiger partial charge in [-0.25, -0.2) is 0 Å². The standard InChI is InChI=1S/C8H13BrN4O/c1-5-7(9)8(13(2)12-5)11-6(14)3-4-10/h3-4,10H2,1-2H3,(H,11,14). The fourth-order valence-corrected chi connectivity index (χ4v) is 1.53. The van der Waals surface area contributed by atoms with Crippen molar-refractivity contribution in [1.29, 1.82) is 0 Å². The van der Waals surface area contributed by atoms with Crippen molar-refractivity contribution in [2.45, 2.75) is 13.3 Å². The highest BCUT2D eigenvalue weighted by molar-refractivity contribution is 9.10. The second kappa shape index (κ2) is 4.56. The first kappa shape index (κ1) is 11.2.